The summed E-state index contributed by atoms with van der Waals surface area (Å²) in [5.41, 5.74) is 1.60. The van der Waals surface area contributed by atoms with Gasteiger partial charge in [0.15, 0.2) is 17.3 Å². The van der Waals surface area contributed by atoms with Crippen LogP contribution in [0.4, 0.5) is 4.39 Å². The van der Waals surface area contributed by atoms with Gasteiger partial charge in [0.2, 0.25) is 5.91 Å². The molecule has 0 spiro atoms. The first-order valence-corrected chi connectivity index (χ1v) is 10.3. The molecule has 7 nitrogen and oxygen atoms in total. The van der Waals surface area contributed by atoms with Crippen molar-refractivity contribution in [1.29, 1.82) is 0 Å². The molecule has 1 aromatic heterocycles. The number of rotatable bonds is 8. The van der Waals surface area contributed by atoms with Gasteiger partial charge in [-0.25, -0.2) is 4.39 Å². The zero-order chi connectivity index (χ0) is 21.8. The van der Waals surface area contributed by atoms with Gasteiger partial charge >= 0.3 is 0 Å². The Kier molecular flexibility index (Phi) is 6.16. The molecule has 1 fully saturated rings. The summed E-state index contributed by atoms with van der Waals surface area (Å²) in [6, 6.07) is 11.6. The number of likely N-dealkylation sites (tertiary alicyclic amines) is 1. The van der Waals surface area contributed by atoms with Crippen LogP contribution >= 0.6 is 0 Å². The second kappa shape index (κ2) is 9.16. The van der Waals surface area contributed by atoms with Crippen molar-refractivity contribution < 1.29 is 23.2 Å². The van der Waals surface area contributed by atoms with Crippen molar-refractivity contribution in [2.24, 2.45) is 0 Å². The summed E-state index contributed by atoms with van der Waals surface area (Å²) in [6.45, 7) is 5.88. The number of hydrogen-bond acceptors (Lipinski definition) is 6. The topological polar surface area (TPSA) is 77.7 Å². The highest BCUT2D eigenvalue weighted by molar-refractivity contribution is 5.79. The maximum absolute atomic E-state index is 13.1. The van der Waals surface area contributed by atoms with Gasteiger partial charge in [0, 0.05) is 31.0 Å². The normalized spacial score (nSPS) is 16.0. The van der Waals surface area contributed by atoms with E-state index in [1.807, 2.05) is 32.0 Å². The fourth-order valence-corrected chi connectivity index (χ4v) is 3.62. The van der Waals surface area contributed by atoms with Crippen LogP contribution in [0.2, 0.25) is 0 Å². The molecule has 8 heteroatoms. The van der Waals surface area contributed by atoms with Gasteiger partial charge in [0.1, 0.15) is 5.82 Å². The standard InChI is InChI=1S/C23H24FN3O4/c1-3-29-19-10-5-15(11-20(19)30-4-2)13-27-14-17(12-21(27)28)22-25-23(31-26-22)16-6-8-18(24)9-7-16/h5-11,17H,3-4,12-14H2,1-2H3. The molecule has 1 amide bonds. The second-order valence-corrected chi connectivity index (χ2v) is 7.29. The number of amides is 1. The van der Waals surface area contributed by atoms with E-state index in [0.29, 0.717) is 61.5 Å². The third-order valence-corrected chi connectivity index (χ3v) is 5.09. The number of ether oxygens (including phenoxy) is 2. The molecule has 0 bridgehead atoms. The molecule has 0 N–H and O–H groups in total. The average Bonchev–Trinajstić information content (AvgIpc) is 3.38. The summed E-state index contributed by atoms with van der Waals surface area (Å²) in [4.78, 5) is 18.8. The van der Waals surface area contributed by atoms with E-state index in [1.165, 1.54) is 12.1 Å². The van der Waals surface area contributed by atoms with Gasteiger partial charge in [0.05, 0.1) is 13.2 Å². The van der Waals surface area contributed by atoms with E-state index in [9.17, 15) is 9.18 Å². The summed E-state index contributed by atoms with van der Waals surface area (Å²) in [6.07, 6.45) is 0.317. The minimum Gasteiger partial charge on any atom is -0.490 e. The van der Waals surface area contributed by atoms with E-state index < -0.39 is 0 Å². The number of nitrogens with zero attached hydrogens (tertiary/aromatic N) is 3. The summed E-state index contributed by atoms with van der Waals surface area (Å²) in [5, 5.41) is 4.05. The van der Waals surface area contributed by atoms with Crippen molar-refractivity contribution in [3.63, 3.8) is 0 Å². The Morgan fingerprint density at radius 2 is 1.84 bits per heavy atom. The molecule has 4 rings (SSSR count). The van der Waals surface area contributed by atoms with Crippen molar-refractivity contribution in [2.45, 2.75) is 32.7 Å². The number of aromatic nitrogens is 2. The SMILES string of the molecule is CCOc1ccc(CN2CC(c3noc(-c4ccc(F)cc4)n3)CC2=O)cc1OCC. The third-order valence-electron chi connectivity index (χ3n) is 5.09. The predicted octanol–water partition coefficient (Wildman–Crippen LogP) is 4.19. The number of carbonyl (C=O) groups excluding carboxylic acids is 1. The molecule has 3 aromatic rings. The molecule has 1 atom stereocenters. The Morgan fingerprint density at radius 1 is 1.10 bits per heavy atom. The molecule has 1 aliphatic heterocycles. The summed E-state index contributed by atoms with van der Waals surface area (Å²) < 4.78 is 29.7. The van der Waals surface area contributed by atoms with Crippen molar-refractivity contribution in [3.8, 4) is 23.0 Å². The van der Waals surface area contributed by atoms with Gasteiger partial charge in [-0.15, -0.1) is 0 Å². The van der Waals surface area contributed by atoms with Crippen LogP contribution in [0.25, 0.3) is 11.5 Å². The zero-order valence-corrected chi connectivity index (χ0v) is 17.5. The fourth-order valence-electron chi connectivity index (χ4n) is 3.62. The third kappa shape index (κ3) is 4.68. The number of benzene rings is 2. The first-order valence-electron chi connectivity index (χ1n) is 10.3. The van der Waals surface area contributed by atoms with Crippen molar-refractivity contribution in [1.82, 2.24) is 15.0 Å². The highest BCUT2D eigenvalue weighted by Crippen LogP contribution is 2.32. The quantitative estimate of drug-likeness (QED) is 0.539. The van der Waals surface area contributed by atoms with Gasteiger partial charge in [-0.2, -0.15) is 4.98 Å². The lowest BCUT2D eigenvalue weighted by Crippen LogP contribution is -2.24. The lowest BCUT2D eigenvalue weighted by molar-refractivity contribution is -0.128. The Balaban J connectivity index is 1.45. The maximum Gasteiger partial charge on any atom is 0.257 e. The maximum atomic E-state index is 13.1. The van der Waals surface area contributed by atoms with Gasteiger partial charge in [0.25, 0.3) is 5.89 Å². The predicted molar refractivity (Wildman–Crippen MR) is 111 cm³/mol. The van der Waals surface area contributed by atoms with Gasteiger partial charge in [-0.3, -0.25) is 4.79 Å². The van der Waals surface area contributed by atoms with E-state index in [1.54, 1.807) is 17.0 Å². The van der Waals surface area contributed by atoms with E-state index >= 15 is 0 Å². The van der Waals surface area contributed by atoms with Crippen LogP contribution in [0.1, 0.15) is 37.6 Å². The minimum absolute atomic E-state index is 0.0324. The van der Waals surface area contributed by atoms with Gasteiger partial charge in [-0.1, -0.05) is 11.2 Å². The van der Waals surface area contributed by atoms with E-state index in [0.717, 1.165) is 5.56 Å². The molecule has 0 radical (unpaired) electrons. The Labute approximate surface area is 179 Å². The average molecular weight is 425 g/mol. The van der Waals surface area contributed by atoms with Crippen LogP contribution in [0.15, 0.2) is 47.0 Å². The monoisotopic (exact) mass is 425 g/mol. The molecular weight excluding hydrogens is 401 g/mol. The highest BCUT2D eigenvalue weighted by Gasteiger charge is 2.34. The molecule has 1 saturated heterocycles. The van der Waals surface area contributed by atoms with E-state index in [2.05, 4.69) is 10.1 Å². The Morgan fingerprint density at radius 3 is 2.58 bits per heavy atom. The number of halogens is 1. The molecule has 0 saturated carbocycles. The van der Waals surface area contributed by atoms with Crippen LogP contribution in [0.3, 0.4) is 0 Å². The van der Waals surface area contributed by atoms with E-state index in [4.69, 9.17) is 14.0 Å². The minimum atomic E-state index is -0.331. The van der Waals surface area contributed by atoms with Crippen LogP contribution in [-0.4, -0.2) is 40.7 Å². The lowest BCUT2D eigenvalue weighted by Gasteiger charge is -2.18. The summed E-state index contributed by atoms with van der Waals surface area (Å²) in [7, 11) is 0. The molecule has 1 aliphatic rings. The Bertz CT molecular complexity index is 1050. The van der Waals surface area contributed by atoms with Crippen molar-refractivity contribution >= 4 is 5.91 Å². The largest absolute Gasteiger partial charge is 0.490 e. The highest BCUT2D eigenvalue weighted by atomic mass is 19.1. The molecule has 0 aliphatic carbocycles. The second-order valence-electron chi connectivity index (χ2n) is 7.29. The Hall–Kier alpha value is -3.42. The first-order chi connectivity index (χ1) is 15.1. The van der Waals surface area contributed by atoms with Gasteiger partial charge < -0.3 is 18.9 Å². The number of carbonyl (C=O) groups is 1. The lowest BCUT2D eigenvalue weighted by atomic mass is 10.1. The summed E-state index contributed by atoms with van der Waals surface area (Å²) in [5.74, 6) is 1.71. The molecule has 1 unspecified atom stereocenters. The zero-order valence-electron chi connectivity index (χ0n) is 17.5. The van der Waals surface area contributed by atoms with Crippen molar-refractivity contribution in [2.75, 3.05) is 19.8 Å². The first kappa shape index (κ1) is 20.8. The molecule has 162 valence electrons. The number of hydrogen-bond donors (Lipinski definition) is 0. The van der Waals surface area contributed by atoms with Gasteiger partial charge in [-0.05, 0) is 55.8 Å². The van der Waals surface area contributed by atoms with Crippen molar-refractivity contribution in [3.05, 3.63) is 59.7 Å². The van der Waals surface area contributed by atoms with Crippen LogP contribution < -0.4 is 9.47 Å². The van der Waals surface area contributed by atoms with Crippen LogP contribution in [-0.2, 0) is 11.3 Å². The smallest absolute Gasteiger partial charge is 0.257 e. The molecular formula is C23H24FN3O4. The van der Waals surface area contributed by atoms with E-state index in [-0.39, 0.29) is 17.6 Å². The van der Waals surface area contributed by atoms with Crippen LogP contribution in [0.5, 0.6) is 11.5 Å². The molecule has 2 heterocycles. The fraction of sp³-hybridized carbons (Fsp3) is 0.348. The summed E-state index contributed by atoms with van der Waals surface area (Å²) >= 11 is 0. The van der Waals surface area contributed by atoms with Crippen LogP contribution in [0, 0.1) is 5.82 Å². The molecule has 2 aromatic carbocycles. The molecule has 31 heavy (non-hydrogen) atoms.